The van der Waals surface area contributed by atoms with E-state index in [-0.39, 0.29) is 5.91 Å². The van der Waals surface area contributed by atoms with E-state index in [1.165, 1.54) is 18.4 Å². The maximum absolute atomic E-state index is 12.4. The second kappa shape index (κ2) is 6.60. The van der Waals surface area contributed by atoms with Gasteiger partial charge in [0.05, 0.1) is 13.5 Å². The van der Waals surface area contributed by atoms with E-state index in [0.29, 0.717) is 6.42 Å². The number of rotatable bonds is 3. The lowest BCUT2D eigenvalue weighted by atomic mass is 10.1. The van der Waals surface area contributed by atoms with Gasteiger partial charge in [0.1, 0.15) is 5.75 Å². The summed E-state index contributed by atoms with van der Waals surface area (Å²) in [6, 6.07) is 6.01. The highest BCUT2D eigenvalue weighted by atomic mass is 16.5. The monoisotopic (exact) mass is 261 g/mol. The van der Waals surface area contributed by atoms with Gasteiger partial charge in [-0.1, -0.05) is 30.5 Å². The molecular formula is C16H23NO2. The molecule has 0 radical (unpaired) electrons. The van der Waals surface area contributed by atoms with Crippen LogP contribution in [-0.4, -0.2) is 31.0 Å². The van der Waals surface area contributed by atoms with Crippen LogP contribution in [0.25, 0.3) is 0 Å². The zero-order valence-corrected chi connectivity index (χ0v) is 11.9. The van der Waals surface area contributed by atoms with E-state index in [2.05, 4.69) is 6.07 Å². The van der Waals surface area contributed by atoms with Crippen molar-refractivity contribution in [3.05, 3.63) is 29.3 Å². The normalized spacial score (nSPS) is 16.0. The standard InChI is InChI=1S/C16H23NO2/c1-13-7-8-15(19-2)14(11-13)12-16(18)17-9-5-3-4-6-10-17/h7-8,11H,3-6,9-10,12H2,1-2H3. The molecule has 1 saturated heterocycles. The van der Waals surface area contributed by atoms with Gasteiger partial charge in [0.25, 0.3) is 0 Å². The van der Waals surface area contributed by atoms with E-state index < -0.39 is 0 Å². The Morgan fingerprint density at radius 3 is 2.53 bits per heavy atom. The summed E-state index contributed by atoms with van der Waals surface area (Å²) in [6.45, 7) is 3.86. The van der Waals surface area contributed by atoms with E-state index in [4.69, 9.17) is 4.74 Å². The summed E-state index contributed by atoms with van der Waals surface area (Å²) >= 11 is 0. The van der Waals surface area contributed by atoms with Gasteiger partial charge in [-0.05, 0) is 25.8 Å². The third-order valence-corrected chi connectivity index (χ3v) is 3.74. The number of carbonyl (C=O) groups is 1. The number of benzene rings is 1. The fourth-order valence-corrected chi connectivity index (χ4v) is 2.64. The number of aryl methyl sites for hydroxylation is 1. The largest absolute Gasteiger partial charge is 0.496 e. The molecule has 0 aromatic heterocycles. The Kier molecular flexibility index (Phi) is 4.83. The molecule has 104 valence electrons. The van der Waals surface area contributed by atoms with E-state index in [1.54, 1.807) is 7.11 Å². The van der Waals surface area contributed by atoms with Crippen LogP contribution < -0.4 is 4.74 Å². The lowest BCUT2D eigenvalue weighted by molar-refractivity contribution is -0.130. The first kappa shape index (κ1) is 13.9. The summed E-state index contributed by atoms with van der Waals surface area (Å²) in [5, 5.41) is 0. The molecule has 1 fully saturated rings. The lowest BCUT2D eigenvalue weighted by Gasteiger charge is -2.21. The number of methoxy groups -OCH3 is 1. The first-order chi connectivity index (χ1) is 9.20. The Morgan fingerprint density at radius 2 is 1.89 bits per heavy atom. The third kappa shape index (κ3) is 3.72. The highest BCUT2D eigenvalue weighted by Gasteiger charge is 2.17. The summed E-state index contributed by atoms with van der Waals surface area (Å²) in [5.74, 6) is 1.04. The smallest absolute Gasteiger partial charge is 0.227 e. The van der Waals surface area contributed by atoms with Crippen molar-refractivity contribution < 1.29 is 9.53 Å². The molecule has 0 spiro atoms. The summed E-state index contributed by atoms with van der Waals surface area (Å²) in [5.41, 5.74) is 2.16. The average Bonchev–Trinajstić information content (AvgIpc) is 2.68. The Bertz CT molecular complexity index is 434. The maximum atomic E-state index is 12.4. The van der Waals surface area contributed by atoms with Crippen molar-refractivity contribution in [1.29, 1.82) is 0 Å². The van der Waals surface area contributed by atoms with E-state index in [9.17, 15) is 4.79 Å². The van der Waals surface area contributed by atoms with Crippen molar-refractivity contribution in [3.63, 3.8) is 0 Å². The molecule has 3 heteroatoms. The lowest BCUT2D eigenvalue weighted by Crippen LogP contribution is -2.33. The summed E-state index contributed by atoms with van der Waals surface area (Å²) in [7, 11) is 1.66. The van der Waals surface area contributed by atoms with Crippen LogP contribution in [0.4, 0.5) is 0 Å². The van der Waals surface area contributed by atoms with Crippen LogP contribution >= 0.6 is 0 Å². The number of likely N-dealkylation sites (tertiary alicyclic amines) is 1. The molecule has 0 aliphatic carbocycles. The van der Waals surface area contributed by atoms with Crippen molar-refractivity contribution in [3.8, 4) is 5.75 Å². The Morgan fingerprint density at radius 1 is 1.21 bits per heavy atom. The van der Waals surface area contributed by atoms with Crippen LogP contribution in [0.3, 0.4) is 0 Å². The van der Waals surface area contributed by atoms with Crippen LogP contribution in [-0.2, 0) is 11.2 Å². The average molecular weight is 261 g/mol. The van der Waals surface area contributed by atoms with Crippen LogP contribution in [0.15, 0.2) is 18.2 Å². The molecule has 1 amide bonds. The fraction of sp³-hybridized carbons (Fsp3) is 0.562. The first-order valence-corrected chi connectivity index (χ1v) is 7.12. The first-order valence-electron chi connectivity index (χ1n) is 7.12. The van der Waals surface area contributed by atoms with Gasteiger partial charge in [-0.2, -0.15) is 0 Å². The summed E-state index contributed by atoms with van der Waals surface area (Å²) in [6.07, 6.45) is 5.22. The predicted molar refractivity (Wildman–Crippen MR) is 76.5 cm³/mol. The van der Waals surface area contributed by atoms with Crippen molar-refractivity contribution in [1.82, 2.24) is 4.90 Å². The van der Waals surface area contributed by atoms with Gasteiger partial charge in [0.15, 0.2) is 0 Å². The SMILES string of the molecule is COc1ccc(C)cc1CC(=O)N1CCCCCC1. The number of nitrogens with zero attached hydrogens (tertiary/aromatic N) is 1. The molecule has 19 heavy (non-hydrogen) atoms. The zero-order chi connectivity index (χ0) is 13.7. The molecule has 1 aliphatic heterocycles. The van der Waals surface area contributed by atoms with Crippen LogP contribution in [0.2, 0.25) is 0 Å². The molecule has 0 saturated carbocycles. The number of hydrogen-bond donors (Lipinski definition) is 0. The van der Waals surface area contributed by atoms with Gasteiger partial charge in [0, 0.05) is 18.7 Å². The summed E-state index contributed by atoms with van der Waals surface area (Å²) < 4.78 is 5.34. The molecule has 0 bridgehead atoms. The van der Waals surface area contributed by atoms with Gasteiger partial charge in [-0.3, -0.25) is 4.79 Å². The Hall–Kier alpha value is -1.51. The minimum absolute atomic E-state index is 0.228. The molecule has 0 unspecified atom stereocenters. The molecule has 1 aromatic carbocycles. The number of ether oxygens (including phenoxy) is 1. The van der Waals surface area contributed by atoms with Gasteiger partial charge in [0.2, 0.25) is 5.91 Å². The van der Waals surface area contributed by atoms with Crippen molar-refractivity contribution in [2.24, 2.45) is 0 Å². The van der Waals surface area contributed by atoms with Crippen molar-refractivity contribution in [2.45, 2.75) is 39.0 Å². The van der Waals surface area contributed by atoms with Gasteiger partial charge >= 0.3 is 0 Å². The minimum atomic E-state index is 0.228. The molecule has 2 rings (SSSR count). The highest BCUT2D eigenvalue weighted by Crippen LogP contribution is 2.21. The third-order valence-electron chi connectivity index (χ3n) is 3.74. The number of amides is 1. The number of carbonyl (C=O) groups excluding carboxylic acids is 1. The molecular weight excluding hydrogens is 238 g/mol. The van der Waals surface area contributed by atoms with Crippen LogP contribution in [0, 0.1) is 6.92 Å². The summed E-state index contributed by atoms with van der Waals surface area (Å²) in [4.78, 5) is 14.4. The van der Waals surface area contributed by atoms with Crippen LogP contribution in [0.5, 0.6) is 5.75 Å². The fourth-order valence-electron chi connectivity index (χ4n) is 2.64. The minimum Gasteiger partial charge on any atom is -0.496 e. The van der Waals surface area contributed by atoms with Crippen molar-refractivity contribution in [2.75, 3.05) is 20.2 Å². The van der Waals surface area contributed by atoms with Gasteiger partial charge in [-0.25, -0.2) is 0 Å². The van der Waals surface area contributed by atoms with E-state index in [0.717, 1.165) is 37.2 Å². The van der Waals surface area contributed by atoms with Crippen molar-refractivity contribution >= 4 is 5.91 Å². The molecule has 1 aromatic rings. The Labute approximate surface area is 115 Å². The predicted octanol–water partition coefficient (Wildman–Crippen LogP) is 2.95. The Balaban J connectivity index is 2.07. The topological polar surface area (TPSA) is 29.5 Å². The second-order valence-corrected chi connectivity index (χ2v) is 5.29. The van der Waals surface area contributed by atoms with Gasteiger partial charge < -0.3 is 9.64 Å². The maximum Gasteiger partial charge on any atom is 0.227 e. The molecule has 1 aliphatic rings. The van der Waals surface area contributed by atoms with E-state index in [1.807, 2.05) is 24.0 Å². The molecule has 0 N–H and O–H groups in total. The molecule has 3 nitrogen and oxygen atoms in total. The second-order valence-electron chi connectivity index (χ2n) is 5.29. The van der Waals surface area contributed by atoms with E-state index >= 15 is 0 Å². The molecule has 1 heterocycles. The quantitative estimate of drug-likeness (QED) is 0.837. The number of hydrogen-bond acceptors (Lipinski definition) is 2. The van der Waals surface area contributed by atoms with Crippen LogP contribution in [0.1, 0.15) is 36.8 Å². The molecule has 0 atom stereocenters. The highest BCUT2D eigenvalue weighted by molar-refractivity contribution is 5.79. The zero-order valence-electron chi connectivity index (χ0n) is 11.9. The van der Waals surface area contributed by atoms with Gasteiger partial charge in [-0.15, -0.1) is 0 Å².